The van der Waals surface area contributed by atoms with E-state index in [2.05, 4.69) is 11.8 Å². The lowest BCUT2D eigenvalue weighted by molar-refractivity contribution is -0.138. The molecule has 1 aliphatic heterocycles. The van der Waals surface area contributed by atoms with Gasteiger partial charge in [-0.25, -0.2) is 0 Å². The van der Waals surface area contributed by atoms with Gasteiger partial charge in [-0.1, -0.05) is 13.3 Å². The molecule has 1 saturated heterocycles. The van der Waals surface area contributed by atoms with E-state index in [-0.39, 0.29) is 5.54 Å². The largest absolute Gasteiger partial charge is 0.298 e. The number of carbonyl (C=O) groups excluding carboxylic acids is 1. The summed E-state index contributed by atoms with van der Waals surface area (Å²) in [5.41, 5.74) is -0.0312. The van der Waals surface area contributed by atoms with Crippen LogP contribution in [0.5, 0.6) is 0 Å². The van der Waals surface area contributed by atoms with Crippen LogP contribution in [0.15, 0.2) is 0 Å². The normalized spacial score (nSPS) is 35.9. The van der Waals surface area contributed by atoms with E-state index in [4.69, 9.17) is 0 Å². The molecule has 0 spiro atoms. The van der Waals surface area contributed by atoms with Gasteiger partial charge in [0.2, 0.25) is 0 Å². The van der Waals surface area contributed by atoms with Crippen molar-refractivity contribution in [2.75, 3.05) is 13.1 Å². The highest BCUT2D eigenvalue weighted by Gasteiger charge is 2.44. The van der Waals surface area contributed by atoms with Crippen molar-refractivity contribution >= 4 is 5.78 Å². The molecule has 13 heavy (non-hydrogen) atoms. The van der Waals surface area contributed by atoms with E-state index in [1.165, 1.54) is 12.8 Å². The lowest BCUT2D eigenvalue weighted by atomic mass is 9.76. The summed E-state index contributed by atoms with van der Waals surface area (Å²) in [5, 5.41) is 0. The molecule has 1 saturated carbocycles. The topological polar surface area (TPSA) is 20.3 Å². The van der Waals surface area contributed by atoms with Gasteiger partial charge in [0, 0.05) is 19.5 Å². The van der Waals surface area contributed by atoms with E-state index in [0.29, 0.717) is 5.78 Å². The Bertz CT molecular complexity index is 210. The molecule has 2 nitrogen and oxygen atoms in total. The summed E-state index contributed by atoms with van der Waals surface area (Å²) >= 11 is 0. The van der Waals surface area contributed by atoms with Crippen LogP contribution in [0.4, 0.5) is 0 Å². The van der Waals surface area contributed by atoms with Crippen LogP contribution >= 0.6 is 0 Å². The summed E-state index contributed by atoms with van der Waals surface area (Å²) in [4.78, 5) is 14.4. The summed E-state index contributed by atoms with van der Waals surface area (Å²) in [7, 11) is 0. The number of likely N-dealkylation sites (tertiary alicyclic amines) is 1. The lowest BCUT2D eigenvalue weighted by Crippen LogP contribution is -2.60. The number of nitrogens with zero attached hydrogens (tertiary/aromatic N) is 1. The number of hydrogen-bond acceptors (Lipinski definition) is 2. The number of rotatable bonds is 2. The molecule has 1 aliphatic carbocycles. The van der Waals surface area contributed by atoms with Gasteiger partial charge in [-0.15, -0.1) is 0 Å². The fraction of sp³-hybridized carbons (Fsp3) is 0.909. The first-order valence-corrected chi connectivity index (χ1v) is 5.58. The fourth-order valence-corrected chi connectivity index (χ4v) is 2.75. The zero-order valence-corrected chi connectivity index (χ0v) is 8.51. The summed E-state index contributed by atoms with van der Waals surface area (Å²) in [5.74, 6) is 0.515. The van der Waals surface area contributed by atoms with Gasteiger partial charge < -0.3 is 0 Å². The van der Waals surface area contributed by atoms with Crippen LogP contribution in [-0.4, -0.2) is 29.3 Å². The molecule has 0 bridgehead atoms. The molecule has 0 amide bonds. The van der Waals surface area contributed by atoms with Crippen molar-refractivity contribution in [1.29, 1.82) is 0 Å². The van der Waals surface area contributed by atoms with Gasteiger partial charge >= 0.3 is 0 Å². The average Bonchev–Trinajstić information content (AvgIpc) is 2.06. The predicted molar refractivity (Wildman–Crippen MR) is 52.7 cm³/mol. The second-order valence-electron chi connectivity index (χ2n) is 4.36. The van der Waals surface area contributed by atoms with Crippen LogP contribution in [0.3, 0.4) is 0 Å². The molecule has 2 rings (SSSR count). The summed E-state index contributed by atoms with van der Waals surface area (Å²) in [6.45, 7) is 4.47. The van der Waals surface area contributed by atoms with Gasteiger partial charge in [0.05, 0.1) is 5.54 Å². The van der Waals surface area contributed by atoms with E-state index in [0.717, 1.165) is 38.8 Å². The maximum Gasteiger partial charge on any atom is 0.153 e. The smallest absolute Gasteiger partial charge is 0.153 e. The third kappa shape index (κ3) is 1.32. The minimum absolute atomic E-state index is 0.0312. The molecule has 0 aromatic heterocycles. The second kappa shape index (κ2) is 3.41. The van der Waals surface area contributed by atoms with Crippen LogP contribution in [0.1, 0.15) is 45.4 Å². The van der Waals surface area contributed by atoms with E-state index >= 15 is 0 Å². The van der Waals surface area contributed by atoms with Gasteiger partial charge in [0.15, 0.2) is 5.78 Å². The van der Waals surface area contributed by atoms with E-state index in [9.17, 15) is 4.79 Å². The first kappa shape index (κ1) is 9.20. The number of ketones is 1. The van der Waals surface area contributed by atoms with Crippen molar-refractivity contribution < 1.29 is 4.79 Å². The van der Waals surface area contributed by atoms with Gasteiger partial charge in [-0.05, 0) is 25.7 Å². The quantitative estimate of drug-likeness (QED) is 0.649. The van der Waals surface area contributed by atoms with Gasteiger partial charge in [-0.2, -0.15) is 0 Å². The molecule has 74 valence electrons. The molecular weight excluding hydrogens is 162 g/mol. The molecule has 1 heterocycles. The highest BCUT2D eigenvalue weighted by atomic mass is 16.1. The standard InChI is InChI=1S/C11H19NO/c1-2-11(12-8-5-9-12)7-4-3-6-10(11)13/h2-9H2,1H3/t11-/m0/s1. The zero-order chi connectivity index (χ0) is 9.31. The van der Waals surface area contributed by atoms with Crippen molar-refractivity contribution in [1.82, 2.24) is 4.90 Å². The van der Waals surface area contributed by atoms with E-state index < -0.39 is 0 Å². The molecule has 1 atom stereocenters. The van der Waals surface area contributed by atoms with Crippen molar-refractivity contribution in [3.05, 3.63) is 0 Å². The minimum Gasteiger partial charge on any atom is -0.298 e. The molecule has 0 radical (unpaired) electrons. The lowest BCUT2D eigenvalue weighted by Gasteiger charge is -2.49. The van der Waals surface area contributed by atoms with Crippen molar-refractivity contribution in [3.63, 3.8) is 0 Å². The number of hydrogen-bond donors (Lipinski definition) is 0. The first-order chi connectivity index (χ1) is 6.29. The van der Waals surface area contributed by atoms with Crippen LogP contribution in [0, 0.1) is 0 Å². The summed E-state index contributed by atoms with van der Waals surface area (Å²) in [6.07, 6.45) is 6.61. The third-order valence-corrected chi connectivity index (χ3v) is 3.81. The fourth-order valence-electron chi connectivity index (χ4n) is 2.75. The van der Waals surface area contributed by atoms with Gasteiger partial charge in [-0.3, -0.25) is 9.69 Å². The third-order valence-electron chi connectivity index (χ3n) is 3.81. The maximum atomic E-state index is 11.9. The van der Waals surface area contributed by atoms with Crippen molar-refractivity contribution in [3.8, 4) is 0 Å². The molecule has 0 N–H and O–H groups in total. The summed E-state index contributed by atoms with van der Waals surface area (Å²) in [6, 6.07) is 0. The molecule has 2 fully saturated rings. The highest BCUT2D eigenvalue weighted by molar-refractivity contribution is 5.89. The van der Waals surface area contributed by atoms with Crippen molar-refractivity contribution in [2.45, 2.75) is 51.0 Å². The Morgan fingerprint density at radius 2 is 2.08 bits per heavy atom. The molecule has 2 aliphatic rings. The average molecular weight is 181 g/mol. The predicted octanol–water partition coefficient (Wildman–Crippen LogP) is 1.98. The molecule has 0 unspecified atom stereocenters. The minimum atomic E-state index is -0.0312. The Labute approximate surface area is 80.3 Å². The first-order valence-electron chi connectivity index (χ1n) is 5.58. The Kier molecular flexibility index (Phi) is 2.41. The summed E-state index contributed by atoms with van der Waals surface area (Å²) < 4.78 is 0. The Balaban J connectivity index is 2.15. The monoisotopic (exact) mass is 181 g/mol. The Morgan fingerprint density at radius 3 is 2.54 bits per heavy atom. The molecular formula is C11H19NO. The van der Waals surface area contributed by atoms with Crippen molar-refractivity contribution in [2.24, 2.45) is 0 Å². The van der Waals surface area contributed by atoms with E-state index in [1.807, 2.05) is 0 Å². The molecule has 0 aromatic rings. The maximum absolute atomic E-state index is 11.9. The van der Waals surface area contributed by atoms with Gasteiger partial charge in [0.25, 0.3) is 0 Å². The van der Waals surface area contributed by atoms with Crippen LogP contribution in [0.25, 0.3) is 0 Å². The second-order valence-corrected chi connectivity index (χ2v) is 4.36. The zero-order valence-electron chi connectivity index (χ0n) is 8.51. The Hall–Kier alpha value is -0.370. The Morgan fingerprint density at radius 1 is 1.31 bits per heavy atom. The SMILES string of the molecule is CC[C@]1(N2CCC2)CCCCC1=O. The van der Waals surface area contributed by atoms with Crippen LogP contribution < -0.4 is 0 Å². The molecule has 2 heteroatoms. The number of Topliss-reactive ketones (excluding diaryl/α,β-unsaturated/α-hetero) is 1. The van der Waals surface area contributed by atoms with E-state index in [1.54, 1.807) is 0 Å². The number of carbonyl (C=O) groups is 1. The van der Waals surface area contributed by atoms with Crippen LogP contribution in [-0.2, 0) is 4.79 Å². The van der Waals surface area contributed by atoms with Gasteiger partial charge in [0.1, 0.15) is 0 Å². The van der Waals surface area contributed by atoms with Crippen LogP contribution in [0.2, 0.25) is 0 Å². The highest BCUT2D eigenvalue weighted by Crippen LogP contribution is 2.36. The molecule has 0 aromatic carbocycles.